The first kappa shape index (κ1) is 11.4. The lowest BCUT2D eigenvalue weighted by molar-refractivity contribution is 0.372. The third kappa shape index (κ3) is 4.38. The standard InChI is InChI=1S/C10H11NO3S/c1-14-8-7-9-3-5-10(6-4-9)11-15(2,12)13/h3-6,11H,1-2H3. The van der Waals surface area contributed by atoms with E-state index < -0.39 is 10.0 Å². The van der Waals surface area contributed by atoms with E-state index >= 15 is 0 Å². The zero-order valence-corrected chi connectivity index (χ0v) is 9.26. The Morgan fingerprint density at radius 2 is 1.87 bits per heavy atom. The highest BCUT2D eigenvalue weighted by atomic mass is 32.2. The monoisotopic (exact) mass is 225 g/mol. The van der Waals surface area contributed by atoms with Crippen LogP contribution in [0.1, 0.15) is 5.56 Å². The number of hydrogen-bond donors (Lipinski definition) is 1. The molecule has 0 aliphatic rings. The number of methoxy groups -OCH3 is 1. The van der Waals surface area contributed by atoms with Gasteiger partial charge < -0.3 is 4.74 Å². The van der Waals surface area contributed by atoms with E-state index in [0.29, 0.717) is 5.69 Å². The van der Waals surface area contributed by atoms with Crippen LogP contribution in [-0.4, -0.2) is 21.8 Å². The van der Waals surface area contributed by atoms with Crippen LogP contribution in [0.3, 0.4) is 0 Å². The second-order valence-electron chi connectivity index (χ2n) is 2.88. The molecule has 0 saturated carbocycles. The van der Waals surface area contributed by atoms with Crippen LogP contribution < -0.4 is 4.72 Å². The van der Waals surface area contributed by atoms with Gasteiger partial charge in [-0.3, -0.25) is 4.72 Å². The first-order valence-corrected chi connectivity index (χ1v) is 6.02. The van der Waals surface area contributed by atoms with Gasteiger partial charge in [0.1, 0.15) is 6.11 Å². The molecule has 1 N–H and O–H groups in total. The molecule has 1 aromatic carbocycles. The largest absolute Gasteiger partial charge is 0.450 e. The van der Waals surface area contributed by atoms with E-state index in [1.165, 1.54) is 7.11 Å². The third-order valence-corrected chi connectivity index (χ3v) is 2.09. The summed E-state index contributed by atoms with van der Waals surface area (Å²) in [5.74, 6) is 2.73. The van der Waals surface area contributed by atoms with Gasteiger partial charge in [0.05, 0.1) is 13.4 Å². The summed E-state index contributed by atoms with van der Waals surface area (Å²) in [5, 5.41) is 0. The van der Waals surface area contributed by atoms with Crippen molar-refractivity contribution in [1.82, 2.24) is 0 Å². The van der Waals surface area contributed by atoms with E-state index in [-0.39, 0.29) is 0 Å². The fraction of sp³-hybridized carbons (Fsp3) is 0.200. The molecule has 0 amide bonds. The number of rotatable bonds is 2. The van der Waals surface area contributed by atoms with Crippen molar-refractivity contribution in [3.63, 3.8) is 0 Å². The van der Waals surface area contributed by atoms with Crippen LogP contribution in [0.15, 0.2) is 24.3 Å². The minimum absolute atomic E-state index is 0.514. The van der Waals surface area contributed by atoms with Gasteiger partial charge in [0, 0.05) is 11.3 Å². The molecule has 0 fully saturated rings. The molecule has 5 heteroatoms. The highest BCUT2D eigenvalue weighted by Gasteiger charge is 2.00. The normalized spacial score (nSPS) is 10.0. The summed E-state index contributed by atoms with van der Waals surface area (Å²) in [7, 11) is -1.74. The molecular weight excluding hydrogens is 214 g/mol. The number of hydrogen-bond acceptors (Lipinski definition) is 3. The van der Waals surface area contributed by atoms with Crippen molar-refractivity contribution in [1.29, 1.82) is 0 Å². The van der Waals surface area contributed by atoms with E-state index in [0.717, 1.165) is 11.8 Å². The summed E-state index contributed by atoms with van der Waals surface area (Å²) in [6.07, 6.45) is 3.55. The number of anilines is 1. The van der Waals surface area contributed by atoms with Crippen molar-refractivity contribution in [2.45, 2.75) is 0 Å². The molecule has 4 nitrogen and oxygen atoms in total. The lowest BCUT2D eigenvalue weighted by atomic mass is 10.2. The summed E-state index contributed by atoms with van der Waals surface area (Å²) in [5.41, 5.74) is 1.27. The van der Waals surface area contributed by atoms with Gasteiger partial charge >= 0.3 is 0 Å². The van der Waals surface area contributed by atoms with Crippen molar-refractivity contribution in [2.75, 3.05) is 18.1 Å². The predicted octanol–water partition coefficient (Wildman–Crippen LogP) is 1.01. The number of benzene rings is 1. The maximum absolute atomic E-state index is 10.9. The van der Waals surface area contributed by atoms with E-state index in [4.69, 9.17) is 0 Å². The second-order valence-corrected chi connectivity index (χ2v) is 4.63. The molecule has 1 aromatic rings. The maximum atomic E-state index is 10.9. The first-order chi connectivity index (χ1) is 7.01. The fourth-order valence-corrected chi connectivity index (χ4v) is 1.51. The van der Waals surface area contributed by atoms with Gasteiger partial charge in [-0.1, -0.05) is 0 Å². The Labute approximate surface area is 89.3 Å². The van der Waals surface area contributed by atoms with E-state index in [1.807, 2.05) is 0 Å². The van der Waals surface area contributed by atoms with Crippen molar-refractivity contribution in [3.8, 4) is 12.0 Å². The summed E-state index contributed by atoms with van der Waals surface area (Å²) in [6, 6.07) is 6.69. The molecule has 15 heavy (non-hydrogen) atoms. The first-order valence-electron chi connectivity index (χ1n) is 4.13. The molecule has 0 heterocycles. The quantitative estimate of drug-likeness (QED) is 0.764. The molecule has 0 spiro atoms. The van der Waals surface area contributed by atoms with E-state index in [2.05, 4.69) is 21.5 Å². The van der Waals surface area contributed by atoms with E-state index in [9.17, 15) is 8.42 Å². The molecular formula is C10H11NO3S. The molecule has 80 valence electrons. The summed E-state index contributed by atoms with van der Waals surface area (Å²) in [4.78, 5) is 0. The van der Waals surface area contributed by atoms with Crippen LogP contribution in [-0.2, 0) is 14.8 Å². The molecule has 0 atom stereocenters. The van der Waals surface area contributed by atoms with Gasteiger partial charge in [0.15, 0.2) is 0 Å². The molecule has 0 aromatic heterocycles. The SMILES string of the molecule is COC#Cc1ccc(NS(C)(=O)=O)cc1. The summed E-state index contributed by atoms with van der Waals surface area (Å²) < 4.78 is 28.7. The predicted molar refractivity (Wildman–Crippen MR) is 58.8 cm³/mol. The van der Waals surface area contributed by atoms with Crippen LogP contribution in [0.25, 0.3) is 0 Å². The minimum Gasteiger partial charge on any atom is -0.450 e. The Morgan fingerprint density at radius 1 is 1.27 bits per heavy atom. The van der Waals surface area contributed by atoms with Crippen molar-refractivity contribution >= 4 is 15.7 Å². The average molecular weight is 225 g/mol. The van der Waals surface area contributed by atoms with Gasteiger partial charge in [-0.2, -0.15) is 0 Å². The Kier molecular flexibility index (Phi) is 3.58. The van der Waals surface area contributed by atoms with Crippen LogP contribution in [0.2, 0.25) is 0 Å². The summed E-state index contributed by atoms with van der Waals surface area (Å²) in [6.45, 7) is 0. The average Bonchev–Trinajstić information content (AvgIpc) is 2.14. The van der Waals surface area contributed by atoms with Crippen molar-refractivity contribution < 1.29 is 13.2 Å². The van der Waals surface area contributed by atoms with Gasteiger partial charge in [-0.05, 0) is 30.2 Å². The molecule has 1 rings (SSSR count). The Balaban J connectivity index is 2.81. The van der Waals surface area contributed by atoms with Crippen LogP contribution in [0.4, 0.5) is 5.69 Å². The fourth-order valence-electron chi connectivity index (χ4n) is 0.946. The molecule has 0 aliphatic carbocycles. The highest BCUT2D eigenvalue weighted by Crippen LogP contribution is 2.09. The van der Waals surface area contributed by atoms with Gasteiger partial charge in [0.25, 0.3) is 0 Å². The zero-order valence-electron chi connectivity index (χ0n) is 8.44. The Hall–Kier alpha value is -1.67. The van der Waals surface area contributed by atoms with Gasteiger partial charge in [0.2, 0.25) is 10.0 Å². The number of nitrogens with one attached hydrogen (secondary N) is 1. The van der Waals surface area contributed by atoms with Gasteiger partial charge in [-0.25, -0.2) is 8.42 Å². The van der Waals surface area contributed by atoms with Crippen molar-refractivity contribution in [2.24, 2.45) is 0 Å². The van der Waals surface area contributed by atoms with Crippen molar-refractivity contribution in [3.05, 3.63) is 29.8 Å². The van der Waals surface area contributed by atoms with Crippen LogP contribution in [0, 0.1) is 12.0 Å². The Bertz CT molecular complexity index is 480. The number of ether oxygens (including phenoxy) is 1. The second kappa shape index (κ2) is 4.71. The maximum Gasteiger partial charge on any atom is 0.229 e. The minimum atomic E-state index is -3.22. The smallest absolute Gasteiger partial charge is 0.229 e. The Morgan fingerprint density at radius 3 is 2.33 bits per heavy atom. The molecule has 0 aliphatic heterocycles. The topological polar surface area (TPSA) is 55.4 Å². The highest BCUT2D eigenvalue weighted by molar-refractivity contribution is 7.92. The molecule has 0 radical (unpaired) electrons. The molecule has 0 bridgehead atoms. The van der Waals surface area contributed by atoms with Crippen LogP contribution >= 0.6 is 0 Å². The molecule has 0 saturated heterocycles. The molecule has 0 unspecified atom stereocenters. The lowest BCUT2D eigenvalue weighted by Gasteiger charge is -2.02. The lowest BCUT2D eigenvalue weighted by Crippen LogP contribution is -2.09. The van der Waals surface area contributed by atoms with E-state index in [1.54, 1.807) is 24.3 Å². The number of sulfonamides is 1. The van der Waals surface area contributed by atoms with Gasteiger partial charge in [-0.15, -0.1) is 0 Å². The zero-order chi connectivity index (χ0) is 11.3. The third-order valence-electron chi connectivity index (χ3n) is 1.49. The summed E-state index contributed by atoms with van der Waals surface area (Å²) >= 11 is 0. The van der Waals surface area contributed by atoms with Crippen LogP contribution in [0.5, 0.6) is 0 Å².